The van der Waals surface area contributed by atoms with E-state index in [1.54, 1.807) is 6.07 Å². The van der Waals surface area contributed by atoms with Gasteiger partial charge in [-0.05, 0) is 23.3 Å². The fourth-order valence-corrected chi connectivity index (χ4v) is 2.07. The summed E-state index contributed by atoms with van der Waals surface area (Å²) in [6, 6.07) is 13.1. The molecule has 2 aromatic carbocycles. The van der Waals surface area contributed by atoms with Crippen molar-refractivity contribution in [2.45, 2.75) is 19.3 Å². The van der Waals surface area contributed by atoms with Crippen molar-refractivity contribution in [2.75, 3.05) is 0 Å². The molecule has 2 rings (SSSR count). The van der Waals surface area contributed by atoms with Gasteiger partial charge in [-0.15, -0.1) is 0 Å². The summed E-state index contributed by atoms with van der Waals surface area (Å²) in [5.74, 6) is 0. The predicted molar refractivity (Wildman–Crippen MR) is 73.6 cm³/mol. The molecule has 0 bridgehead atoms. The second-order valence-corrected chi connectivity index (χ2v) is 4.53. The monoisotopic (exact) mass is 262 g/mol. The molecule has 0 N–H and O–H groups in total. The summed E-state index contributed by atoms with van der Waals surface area (Å²) in [6.07, 6.45) is -3.36. The third kappa shape index (κ3) is 3.40. The van der Waals surface area contributed by atoms with Crippen LogP contribution in [0.15, 0.2) is 48.5 Å². The average Bonchev–Trinajstić information content (AvgIpc) is 2.39. The maximum Gasteiger partial charge on any atom is 0.416 e. The Labute approximate surface area is 111 Å². The molecule has 4 heteroatoms. The molecule has 0 spiro atoms. The SMILES string of the molecule is CBCc1cccc(-c2cccc(C(F)(F)F)c2)c1. The van der Waals surface area contributed by atoms with Gasteiger partial charge in [-0.25, -0.2) is 0 Å². The summed E-state index contributed by atoms with van der Waals surface area (Å²) >= 11 is 0. The van der Waals surface area contributed by atoms with Gasteiger partial charge in [-0.1, -0.05) is 55.1 Å². The summed E-state index contributed by atoms with van der Waals surface area (Å²) in [5, 5.41) is 0. The fourth-order valence-electron chi connectivity index (χ4n) is 2.07. The van der Waals surface area contributed by atoms with Gasteiger partial charge in [0, 0.05) is 0 Å². The molecule has 0 aliphatic carbocycles. The van der Waals surface area contributed by atoms with Crippen molar-refractivity contribution < 1.29 is 13.2 Å². The van der Waals surface area contributed by atoms with Crippen molar-refractivity contribution in [2.24, 2.45) is 0 Å². The van der Waals surface area contributed by atoms with Gasteiger partial charge in [0.25, 0.3) is 0 Å². The van der Waals surface area contributed by atoms with Crippen molar-refractivity contribution in [1.29, 1.82) is 0 Å². The van der Waals surface area contributed by atoms with E-state index in [0.717, 1.165) is 30.8 Å². The van der Waals surface area contributed by atoms with Gasteiger partial charge in [0.1, 0.15) is 7.28 Å². The molecule has 0 aliphatic rings. The molecule has 2 aromatic rings. The van der Waals surface area contributed by atoms with Crippen LogP contribution in [0.25, 0.3) is 11.1 Å². The van der Waals surface area contributed by atoms with Gasteiger partial charge in [0.2, 0.25) is 0 Å². The Morgan fingerprint density at radius 1 is 0.947 bits per heavy atom. The molecule has 0 fully saturated rings. The number of alkyl halides is 3. The zero-order valence-electron chi connectivity index (χ0n) is 10.7. The van der Waals surface area contributed by atoms with E-state index in [4.69, 9.17) is 0 Å². The highest BCUT2D eigenvalue weighted by atomic mass is 19.4. The fraction of sp³-hybridized carbons (Fsp3) is 0.200. The van der Waals surface area contributed by atoms with Crippen LogP contribution in [0.3, 0.4) is 0 Å². The van der Waals surface area contributed by atoms with Crippen molar-refractivity contribution in [3.8, 4) is 11.1 Å². The third-order valence-corrected chi connectivity index (χ3v) is 2.99. The van der Waals surface area contributed by atoms with Crippen LogP contribution in [0, 0.1) is 0 Å². The Morgan fingerprint density at radius 3 is 2.21 bits per heavy atom. The van der Waals surface area contributed by atoms with Crippen LogP contribution >= 0.6 is 0 Å². The second-order valence-electron chi connectivity index (χ2n) is 4.53. The number of hydrogen-bond donors (Lipinski definition) is 0. The van der Waals surface area contributed by atoms with Crippen molar-refractivity contribution >= 4 is 7.28 Å². The van der Waals surface area contributed by atoms with Gasteiger partial charge in [-0.3, -0.25) is 0 Å². The van der Waals surface area contributed by atoms with Crippen molar-refractivity contribution in [3.63, 3.8) is 0 Å². The minimum atomic E-state index is -4.29. The highest BCUT2D eigenvalue weighted by Crippen LogP contribution is 2.32. The van der Waals surface area contributed by atoms with E-state index in [1.165, 1.54) is 12.1 Å². The molecule has 0 radical (unpaired) electrons. The normalized spacial score (nSPS) is 11.4. The molecule has 0 atom stereocenters. The number of hydrogen-bond acceptors (Lipinski definition) is 0. The standard InChI is InChI=1S/C15H14BF3/c1-16-10-11-4-2-5-12(8-11)13-6-3-7-14(9-13)15(17,18)19/h2-9,16H,10H2,1H3. The molecular formula is C15H14BF3. The van der Waals surface area contributed by atoms with E-state index in [1.807, 2.05) is 24.3 Å². The van der Waals surface area contributed by atoms with Crippen LogP contribution in [-0.4, -0.2) is 7.28 Å². The smallest absolute Gasteiger partial charge is 0.166 e. The molecule has 19 heavy (non-hydrogen) atoms. The minimum Gasteiger partial charge on any atom is -0.166 e. The number of halogens is 3. The highest BCUT2D eigenvalue weighted by molar-refractivity contribution is 6.32. The summed E-state index contributed by atoms with van der Waals surface area (Å²) in [4.78, 5) is 0. The first-order valence-electron chi connectivity index (χ1n) is 6.27. The van der Waals surface area contributed by atoms with E-state index < -0.39 is 11.7 Å². The third-order valence-electron chi connectivity index (χ3n) is 2.99. The Balaban J connectivity index is 2.39. The van der Waals surface area contributed by atoms with Gasteiger partial charge in [0.05, 0.1) is 5.56 Å². The largest absolute Gasteiger partial charge is 0.416 e. The van der Waals surface area contributed by atoms with E-state index in [-0.39, 0.29) is 0 Å². The lowest BCUT2D eigenvalue weighted by molar-refractivity contribution is -0.137. The molecule has 0 saturated heterocycles. The van der Waals surface area contributed by atoms with Gasteiger partial charge < -0.3 is 0 Å². The van der Waals surface area contributed by atoms with E-state index in [0.29, 0.717) is 5.56 Å². The Morgan fingerprint density at radius 2 is 1.58 bits per heavy atom. The first kappa shape index (κ1) is 13.7. The zero-order valence-corrected chi connectivity index (χ0v) is 10.7. The first-order valence-corrected chi connectivity index (χ1v) is 6.27. The zero-order chi connectivity index (χ0) is 13.9. The second kappa shape index (κ2) is 5.51. The topological polar surface area (TPSA) is 0 Å². The number of benzene rings is 2. The van der Waals surface area contributed by atoms with Crippen LogP contribution in [0.5, 0.6) is 0 Å². The van der Waals surface area contributed by atoms with Crippen LogP contribution in [-0.2, 0) is 12.5 Å². The van der Waals surface area contributed by atoms with Gasteiger partial charge >= 0.3 is 6.18 Å². The first-order chi connectivity index (χ1) is 9.00. The number of rotatable bonds is 3. The van der Waals surface area contributed by atoms with Crippen molar-refractivity contribution in [1.82, 2.24) is 0 Å². The molecule has 0 nitrogen and oxygen atoms in total. The Bertz CT molecular complexity index is 561. The summed E-state index contributed by atoms with van der Waals surface area (Å²) in [7, 11) is 1.02. The van der Waals surface area contributed by atoms with Crippen LogP contribution in [0.1, 0.15) is 11.1 Å². The lowest BCUT2D eigenvalue weighted by atomic mass is 9.75. The summed E-state index contributed by atoms with van der Waals surface area (Å²) in [5.41, 5.74) is 1.98. The minimum absolute atomic E-state index is 0.604. The van der Waals surface area contributed by atoms with Gasteiger partial charge in [-0.2, -0.15) is 13.2 Å². The maximum absolute atomic E-state index is 12.7. The quantitative estimate of drug-likeness (QED) is 0.721. The average molecular weight is 262 g/mol. The van der Waals surface area contributed by atoms with E-state index in [9.17, 15) is 13.2 Å². The van der Waals surface area contributed by atoms with E-state index >= 15 is 0 Å². The van der Waals surface area contributed by atoms with E-state index in [2.05, 4.69) is 6.82 Å². The predicted octanol–water partition coefficient (Wildman–Crippen LogP) is 4.36. The Kier molecular flexibility index (Phi) is 3.98. The molecule has 98 valence electrons. The summed E-state index contributed by atoms with van der Waals surface area (Å²) in [6.45, 7) is 2.08. The van der Waals surface area contributed by atoms with Gasteiger partial charge in [0.15, 0.2) is 0 Å². The molecule has 0 aliphatic heterocycles. The van der Waals surface area contributed by atoms with Crippen molar-refractivity contribution in [3.05, 3.63) is 59.7 Å². The molecule has 0 aromatic heterocycles. The molecule has 0 unspecified atom stereocenters. The van der Waals surface area contributed by atoms with Crippen LogP contribution in [0.2, 0.25) is 6.82 Å². The lowest BCUT2D eigenvalue weighted by Crippen LogP contribution is -2.04. The van der Waals surface area contributed by atoms with Crippen LogP contribution in [0.4, 0.5) is 13.2 Å². The molecular weight excluding hydrogens is 248 g/mol. The highest BCUT2D eigenvalue weighted by Gasteiger charge is 2.30. The Hall–Kier alpha value is -1.71. The maximum atomic E-state index is 12.7. The lowest BCUT2D eigenvalue weighted by Gasteiger charge is -2.09. The molecule has 0 saturated carbocycles. The van der Waals surface area contributed by atoms with Crippen LogP contribution < -0.4 is 0 Å². The molecule has 0 heterocycles. The summed E-state index contributed by atoms with van der Waals surface area (Å²) < 4.78 is 38.1. The molecule has 0 amide bonds.